The van der Waals surface area contributed by atoms with Gasteiger partial charge < -0.3 is 4.84 Å². The Bertz CT molecular complexity index is 315. The highest BCUT2D eigenvalue weighted by Gasteiger charge is 2.13. The Balaban J connectivity index is 2.57. The molecule has 0 aliphatic rings. The van der Waals surface area contributed by atoms with Crippen LogP contribution in [0.25, 0.3) is 0 Å². The number of hydrogen-bond donors (Lipinski definition) is 1. The molecule has 1 aromatic carbocycles. The van der Waals surface area contributed by atoms with E-state index in [-0.39, 0.29) is 11.9 Å². The van der Waals surface area contributed by atoms with Crippen LogP contribution in [0.2, 0.25) is 0 Å². The summed E-state index contributed by atoms with van der Waals surface area (Å²) >= 11 is 0. The minimum atomic E-state index is -0.185. The van der Waals surface area contributed by atoms with Gasteiger partial charge in [0, 0.05) is 5.56 Å². The molecule has 0 amide bonds. The van der Waals surface area contributed by atoms with E-state index in [0.29, 0.717) is 18.1 Å². The number of hydroxylamine groups is 1. The van der Waals surface area contributed by atoms with Crippen molar-refractivity contribution in [1.29, 1.82) is 0 Å². The van der Waals surface area contributed by atoms with E-state index in [1.807, 2.05) is 13.0 Å². The first-order valence-corrected chi connectivity index (χ1v) is 5.76. The van der Waals surface area contributed by atoms with Gasteiger partial charge in [0.05, 0.1) is 12.6 Å². The van der Waals surface area contributed by atoms with Crippen LogP contribution in [0.5, 0.6) is 0 Å². The summed E-state index contributed by atoms with van der Waals surface area (Å²) in [5, 5.41) is 0. The first-order valence-electron chi connectivity index (χ1n) is 5.76. The van der Waals surface area contributed by atoms with Crippen molar-refractivity contribution in [3.05, 3.63) is 35.6 Å². The van der Waals surface area contributed by atoms with Gasteiger partial charge in [0.15, 0.2) is 0 Å². The van der Waals surface area contributed by atoms with Gasteiger partial charge in [0.1, 0.15) is 5.82 Å². The summed E-state index contributed by atoms with van der Waals surface area (Å²) in [6.07, 6.45) is 0.791. The van der Waals surface area contributed by atoms with Crippen molar-refractivity contribution in [2.24, 2.45) is 5.92 Å². The maximum absolute atomic E-state index is 13.5. The van der Waals surface area contributed by atoms with Gasteiger partial charge in [-0.3, -0.25) is 0 Å². The van der Waals surface area contributed by atoms with E-state index < -0.39 is 0 Å². The average molecular weight is 225 g/mol. The molecule has 0 aliphatic heterocycles. The molecule has 0 heterocycles. The monoisotopic (exact) mass is 225 g/mol. The Hall–Kier alpha value is -0.930. The number of benzene rings is 1. The molecule has 0 radical (unpaired) electrons. The van der Waals surface area contributed by atoms with Crippen LogP contribution < -0.4 is 5.48 Å². The lowest BCUT2D eigenvalue weighted by atomic mass is 10.1. The van der Waals surface area contributed by atoms with Crippen LogP contribution in [0.4, 0.5) is 4.39 Å². The zero-order valence-electron chi connectivity index (χ0n) is 10.2. The van der Waals surface area contributed by atoms with Gasteiger partial charge in [-0.05, 0) is 18.4 Å². The maximum atomic E-state index is 13.5. The van der Waals surface area contributed by atoms with E-state index in [9.17, 15) is 4.39 Å². The molecular weight excluding hydrogens is 205 g/mol. The van der Waals surface area contributed by atoms with Gasteiger partial charge in [0.25, 0.3) is 0 Å². The number of halogens is 1. The third-order valence-electron chi connectivity index (χ3n) is 2.33. The van der Waals surface area contributed by atoms with E-state index in [1.54, 1.807) is 12.1 Å². The van der Waals surface area contributed by atoms with Crippen LogP contribution in [0, 0.1) is 11.7 Å². The van der Waals surface area contributed by atoms with Crippen LogP contribution in [-0.4, -0.2) is 6.61 Å². The van der Waals surface area contributed by atoms with Gasteiger partial charge in [0.2, 0.25) is 0 Å². The molecule has 0 saturated carbocycles. The van der Waals surface area contributed by atoms with E-state index >= 15 is 0 Å². The smallest absolute Gasteiger partial charge is 0.128 e. The highest BCUT2D eigenvalue weighted by atomic mass is 19.1. The molecule has 2 nitrogen and oxygen atoms in total. The Morgan fingerprint density at radius 2 is 2.00 bits per heavy atom. The summed E-state index contributed by atoms with van der Waals surface area (Å²) in [4.78, 5) is 5.34. The summed E-state index contributed by atoms with van der Waals surface area (Å²) in [6.45, 7) is 6.78. The van der Waals surface area contributed by atoms with E-state index in [4.69, 9.17) is 4.84 Å². The third-order valence-corrected chi connectivity index (χ3v) is 2.33. The topological polar surface area (TPSA) is 21.3 Å². The second kappa shape index (κ2) is 6.61. The largest absolute Gasteiger partial charge is 0.301 e. The molecule has 0 aliphatic carbocycles. The predicted molar refractivity (Wildman–Crippen MR) is 63.4 cm³/mol. The van der Waals surface area contributed by atoms with Crippen LogP contribution in [0.15, 0.2) is 24.3 Å². The van der Waals surface area contributed by atoms with Gasteiger partial charge >= 0.3 is 0 Å². The summed E-state index contributed by atoms with van der Waals surface area (Å²) in [5.74, 6) is 0.278. The van der Waals surface area contributed by atoms with Crippen molar-refractivity contribution in [3.8, 4) is 0 Å². The molecule has 0 saturated heterocycles. The number of hydrogen-bond acceptors (Lipinski definition) is 2. The van der Waals surface area contributed by atoms with Crippen molar-refractivity contribution in [1.82, 2.24) is 5.48 Å². The molecular formula is C13H20FNO. The minimum Gasteiger partial charge on any atom is -0.301 e. The SMILES string of the molecule is CCC(NOCC(C)C)c1ccccc1F. The van der Waals surface area contributed by atoms with Gasteiger partial charge in [-0.25, -0.2) is 4.39 Å². The van der Waals surface area contributed by atoms with E-state index in [0.717, 1.165) is 6.42 Å². The quantitative estimate of drug-likeness (QED) is 0.749. The maximum Gasteiger partial charge on any atom is 0.128 e. The third kappa shape index (κ3) is 3.91. The average Bonchev–Trinajstić information content (AvgIpc) is 2.25. The molecule has 0 bridgehead atoms. The van der Waals surface area contributed by atoms with Gasteiger partial charge in [-0.15, -0.1) is 0 Å². The van der Waals surface area contributed by atoms with E-state index in [1.165, 1.54) is 6.07 Å². The first-order chi connectivity index (χ1) is 7.65. The van der Waals surface area contributed by atoms with E-state index in [2.05, 4.69) is 19.3 Å². The van der Waals surface area contributed by atoms with Crippen LogP contribution in [0.1, 0.15) is 38.8 Å². The molecule has 3 heteroatoms. The van der Waals surface area contributed by atoms with Crippen molar-refractivity contribution in [3.63, 3.8) is 0 Å². The normalized spacial score (nSPS) is 13.1. The lowest BCUT2D eigenvalue weighted by Gasteiger charge is -2.18. The zero-order valence-corrected chi connectivity index (χ0v) is 10.2. The Kier molecular flexibility index (Phi) is 5.43. The highest BCUT2D eigenvalue weighted by molar-refractivity contribution is 5.20. The molecule has 1 N–H and O–H groups in total. The fourth-order valence-corrected chi connectivity index (χ4v) is 1.44. The van der Waals surface area contributed by atoms with Crippen molar-refractivity contribution >= 4 is 0 Å². The van der Waals surface area contributed by atoms with Gasteiger partial charge in [-0.1, -0.05) is 39.0 Å². The Morgan fingerprint density at radius 1 is 1.31 bits per heavy atom. The van der Waals surface area contributed by atoms with Gasteiger partial charge in [-0.2, -0.15) is 5.48 Å². The standard InChI is InChI=1S/C13H20FNO/c1-4-13(15-16-9-10(2)3)11-7-5-6-8-12(11)14/h5-8,10,13,15H,4,9H2,1-3H3. The summed E-state index contributed by atoms with van der Waals surface area (Å²) in [5.41, 5.74) is 3.58. The second-order valence-electron chi connectivity index (χ2n) is 4.31. The molecule has 1 unspecified atom stereocenters. The summed E-state index contributed by atoms with van der Waals surface area (Å²) in [6, 6.07) is 6.71. The second-order valence-corrected chi connectivity index (χ2v) is 4.31. The molecule has 1 atom stereocenters. The molecule has 90 valence electrons. The number of nitrogens with one attached hydrogen (secondary N) is 1. The lowest BCUT2D eigenvalue weighted by molar-refractivity contribution is -0.00128. The minimum absolute atomic E-state index is 0.0834. The molecule has 0 aromatic heterocycles. The Morgan fingerprint density at radius 3 is 2.56 bits per heavy atom. The first kappa shape index (κ1) is 13.1. The predicted octanol–water partition coefficient (Wildman–Crippen LogP) is 3.45. The Labute approximate surface area is 96.8 Å². The van der Waals surface area contributed by atoms with Crippen LogP contribution in [0.3, 0.4) is 0 Å². The molecule has 16 heavy (non-hydrogen) atoms. The molecule has 0 spiro atoms. The molecule has 0 fully saturated rings. The van der Waals surface area contributed by atoms with Crippen LogP contribution in [-0.2, 0) is 4.84 Å². The fraction of sp³-hybridized carbons (Fsp3) is 0.538. The highest BCUT2D eigenvalue weighted by Crippen LogP contribution is 2.19. The van der Waals surface area contributed by atoms with Crippen molar-refractivity contribution < 1.29 is 9.23 Å². The van der Waals surface area contributed by atoms with Crippen molar-refractivity contribution in [2.45, 2.75) is 33.2 Å². The summed E-state index contributed by atoms with van der Waals surface area (Å²) in [7, 11) is 0. The van der Waals surface area contributed by atoms with Crippen molar-refractivity contribution in [2.75, 3.05) is 6.61 Å². The zero-order chi connectivity index (χ0) is 12.0. The molecule has 1 aromatic rings. The fourth-order valence-electron chi connectivity index (χ4n) is 1.44. The lowest BCUT2D eigenvalue weighted by Crippen LogP contribution is -2.24. The molecule has 1 rings (SSSR count). The van der Waals surface area contributed by atoms with Crippen LogP contribution >= 0.6 is 0 Å². The number of rotatable bonds is 6. The summed E-state index contributed by atoms with van der Waals surface area (Å²) < 4.78 is 13.5.